The third kappa shape index (κ3) is 6.31. The Bertz CT molecular complexity index is 3920. The molecule has 2 aromatic heterocycles. The van der Waals surface area contributed by atoms with Crippen LogP contribution in [-0.4, -0.2) is 0 Å². The second-order valence-electron chi connectivity index (χ2n) is 16.8. The number of thiophene rings is 1. The predicted octanol–water partition coefficient (Wildman–Crippen LogP) is 18.4. The van der Waals surface area contributed by atoms with Gasteiger partial charge in [0.05, 0.1) is 10.4 Å². The zero-order chi connectivity index (χ0) is 42.8. The van der Waals surface area contributed by atoms with Crippen molar-refractivity contribution in [2.75, 3.05) is 4.90 Å². The van der Waals surface area contributed by atoms with E-state index in [1.165, 1.54) is 75.1 Å². The van der Waals surface area contributed by atoms with Gasteiger partial charge in [0.25, 0.3) is 0 Å². The van der Waals surface area contributed by atoms with Crippen molar-refractivity contribution in [1.82, 2.24) is 0 Å². The van der Waals surface area contributed by atoms with Gasteiger partial charge in [-0.25, -0.2) is 0 Å². The van der Waals surface area contributed by atoms with E-state index in [1.807, 2.05) is 23.5 Å². The third-order valence-corrected chi connectivity index (χ3v) is 14.4. The lowest BCUT2D eigenvalue weighted by Gasteiger charge is -2.26. The Balaban J connectivity index is 0.907. The van der Waals surface area contributed by atoms with E-state index in [1.54, 1.807) is 0 Å². The van der Waals surface area contributed by atoms with Crippen molar-refractivity contribution >= 4 is 92.1 Å². The van der Waals surface area contributed by atoms with Crippen LogP contribution in [0.15, 0.2) is 241 Å². The highest BCUT2D eigenvalue weighted by Gasteiger charge is 2.20. The summed E-state index contributed by atoms with van der Waals surface area (Å²) in [5.41, 5.74) is 14.7. The van der Waals surface area contributed by atoms with Gasteiger partial charge in [-0.1, -0.05) is 182 Å². The molecule has 0 fully saturated rings. The molecule has 11 aromatic carbocycles. The summed E-state index contributed by atoms with van der Waals surface area (Å²) in [5.74, 6) is 0. The van der Waals surface area contributed by atoms with E-state index in [2.05, 4.69) is 229 Å². The number of hydrogen-bond donors (Lipinski definition) is 0. The predicted molar refractivity (Wildman–Crippen MR) is 278 cm³/mol. The molecule has 0 atom stereocenters. The molecule has 13 rings (SSSR count). The van der Waals surface area contributed by atoms with Gasteiger partial charge < -0.3 is 9.32 Å². The average Bonchev–Trinajstić information content (AvgIpc) is 3.96. The fourth-order valence-corrected chi connectivity index (χ4v) is 11.2. The molecule has 0 amide bonds. The highest BCUT2D eigenvalue weighted by molar-refractivity contribution is 7.27. The Morgan fingerprint density at radius 2 is 0.815 bits per heavy atom. The average molecular weight is 846 g/mol. The highest BCUT2D eigenvalue weighted by Crippen LogP contribution is 2.48. The summed E-state index contributed by atoms with van der Waals surface area (Å²) in [6, 6.07) is 85.9. The third-order valence-electron chi connectivity index (χ3n) is 13.1. The van der Waals surface area contributed by atoms with Crippen molar-refractivity contribution in [3.8, 4) is 44.5 Å². The van der Waals surface area contributed by atoms with Gasteiger partial charge in [0.15, 0.2) is 0 Å². The molecular weight excluding hydrogens is 807 g/mol. The molecule has 0 aliphatic heterocycles. The van der Waals surface area contributed by atoms with Gasteiger partial charge in [0, 0.05) is 37.6 Å². The van der Waals surface area contributed by atoms with Crippen LogP contribution < -0.4 is 4.90 Å². The van der Waals surface area contributed by atoms with Gasteiger partial charge in [-0.3, -0.25) is 0 Å². The molecule has 0 aliphatic rings. The largest absolute Gasteiger partial charge is 0.456 e. The zero-order valence-electron chi connectivity index (χ0n) is 35.3. The van der Waals surface area contributed by atoms with Crippen LogP contribution in [-0.2, 0) is 0 Å². The standard InChI is InChI=1S/C62H39NOS/c1-2-12-43(13-3-1)50-19-10-20-55-56-21-11-22-58(62(56)65-61(50)55)63(48-35-30-44(31-36-48)57-38-46-14-4-5-15-49(46)51-16-6-7-17-52(51)57)47-33-28-41(29-34-47)40-24-26-42(27-25-40)45-32-37-54-53-18-8-9-23-59(53)64-60(54)39-45/h1-39H. The Hall–Kier alpha value is -8.24. The lowest BCUT2D eigenvalue weighted by atomic mass is 9.93. The first-order valence-corrected chi connectivity index (χ1v) is 23.0. The van der Waals surface area contributed by atoms with Crippen LogP contribution >= 0.6 is 11.3 Å². The van der Waals surface area contributed by atoms with E-state index >= 15 is 0 Å². The van der Waals surface area contributed by atoms with Crippen molar-refractivity contribution in [3.05, 3.63) is 237 Å². The summed E-state index contributed by atoms with van der Waals surface area (Å²) in [4.78, 5) is 2.43. The summed E-state index contributed by atoms with van der Waals surface area (Å²) in [6.07, 6.45) is 0. The topological polar surface area (TPSA) is 16.4 Å². The van der Waals surface area contributed by atoms with Crippen molar-refractivity contribution in [2.45, 2.75) is 0 Å². The monoisotopic (exact) mass is 845 g/mol. The maximum Gasteiger partial charge on any atom is 0.136 e. The van der Waals surface area contributed by atoms with Crippen LogP contribution in [0, 0.1) is 0 Å². The van der Waals surface area contributed by atoms with E-state index in [4.69, 9.17) is 4.42 Å². The van der Waals surface area contributed by atoms with E-state index in [0.717, 1.165) is 50.1 Å². The molecule has 0 saturated carbocycles. The van der Waals surface area contributed by atoms with Crippen molar-refractivity contribution in [1.29, 1.82) is 0 Å². The van der Waals surface area contributed by atoms with Gasteiger partial charge >= 0.3 is 0 Å². The molecule has 0 saturated heterocycles. The maximum atomic E-state index is 6.22. The van der Waals surface area contributed by atoms with Crippen molar-refractivity contribution in [3.63, 3.8) is 0 Å². The lowest BCUT2D eigenvalue weighted by Crippen LogP contribution is -2.10. The fourth-order valence-electron chi connectivity index (χ4n) is 9.90. The quantitative estimate of drug-likeness (QED) is 0.149. The molecule has 0 aliphatic carbocycles. The molecule has 304 valence electrons. The maximum absolute atomic E-state index is 6.22. The lowest BCUT2D eigenvalue weighted by molar-refractivity contribution is 0.669. The molecule has 0 spiro atoms. The van der Waals surface area contributed by atoms with Crippen LogP contribution in [0.3, 0.4) is 0 Å². The van der Waals surface area contributed by atoms with Gasteiger partial charge in [-0.15, -0.1) is 11.3 Å². The number of para-hydroxylation sites is 1. The van der Waals surface area contributed by atoms with E-state index in [0.29, 0.717) is 0 Å². The molecule has 13 aromatic rings. The number of hydrogen-bond acceptors (Lipinski definition) is 3. The van der Waals surface area contributed by atoms with Crippen molar-refractivity contribution in [2.24, 2.45) is 0 Å². The first-order valence-electron chi connectivity index (χ1n) is 22.1. The fraction of sp³-hybridized carbons (Fsp3) is 0. The smallest absolute Gasteiger partial charge is 0.136 e. The first-order chi connectivity index (χ1) is 32.2. The molecule has 65 heavy (non-hydrogen) atoms. The number of rotatable bonds is 7. The van der Waals surface area contributed by atoms with Crippen LogP contribution in [0.25, 0.3) is 108 Å². The summed E-state index contributed by atoms with van der Waals surface area (Å²) in [5, 5.41) is 9.90. The van der Waals surface area contributed by atoms with Gasteiger partial charge in [0.2, 0.25) is 0 Å². The summed E-state index contributed by atoms with van der Waals surface area (Å²) in [6.45, 7) is 0. The Labute approximate surface area is 380 Å². The van der Waals surface area contributed by atoms with Crippen molar-refractivity contribution < 1.29 is 4.42 Å². The number of nitrogens with zero attached hydrogens (tertiary/aromatic N) is 1. The molecule has 3 heteroatoms. The zero-order valence-corrected chi connectivity index (χ0v) is 36.1. The molecule has 2 nitrogen and oxygen atoms in total. The van der Waals surface area contributed by atoms with Gasteiger partial charge in [0.1, 0.15) is 11.2 Å². The molecule has 0 N–H and O–H groups in total. The van der Waals surface area contributed by atoms with Crippen LogP contribution in [0.4, 0.5) is 17.1 Å². The van der Waals surface area contributed by atoms with Crippen LogP contribution in [0.2, 0.25) is 0 Å². The molecule has 0 unspecified atom stereocenters. The molecule has 2 heterocycles. The summed E-state index contributed by atoms with van der Waals surface area (Å²) in [7, 11) is 0. The van der Waals surface area contributed by atoms with Crippen LogP contribution in [0.5, 0.6) is 0 Å². The second-order valence-corrected chi connectivity index (χ2v) is 17.8. The Morgan fingerprint density at radius 3 is 1.57 bits per heavy atom. The Kier molecular flexibility index (Phi) is 8.75. The van der Waals surface area contributed by atoms with Gasteiger partial charge in [-0.2, -0.15) is 0 Å². The number of fused-ring (bicyclic) bond motifs is 9. The SMILES string of the molecule is c1ccc(-c2cccc3c2sc2c(N(c4ccc(-c5ccc(-c6ccc7c(c6)oc6ccccc67)cc5)cc4)c4ccc(-c5cc6ccccc6c6ccccc56)cc4)cccc23)cc1. The Morgan fingerprint density at radius 1 is 0.292 bits per heavy atom. The minimum atomic E-state index is 0.910. The summed E-state index contributed by atoms with van der Waals surface area (Å²) < 4.78 is 8.78. The number of benzene rings is 11. The molecular formula is C62H39NOS. The summed E-state index contributed by atoms with van der Waals surface area (Å²) >= 11 is 1.88. The van der Waals surface area contributed by atoms with Crippen LogP contribution in [0.1, 0.15) is 0 Å². The highest BCUT2D eigenvalue weighted by atomic mass is 32.1. The second kappa shape index (κ2) is 15.2. The minimum Gasteiger partial charge on any atom is -0.456 e. The first kappa shape index (κ1) is 37.3. The molecule has 0 bridgehead atoms. The van der Waals surface area contributed by atoms with E-state index < -0.39 is 0 Å². The van der Waals surface area contributed by atoms with Gasteiger partial charge in [-0.05, 0) is 121 Å². The normalized spacial score (nSPS) is 11.7. The number of furan rings is 1. The number of anilines is 3. The van der Waals surface area contributed by atoms with E-state index in [-0.39, 0.29) is 0 Å². The molecule has 0 radical (unpaired) electrons. The van der Waals surface area contributed by atoms with E-state index in [9.17, 15) is 0 Å². The minimum absolute atomic E-state index is 0.910.